The fraction of sp³-hybridized carbons (Fsp3) is 0.312. The SMILES string of the molecule is O=C(O)CCCCCCC(=O)Nc1ccc(C2=C(c3ccc(O)cc3)C3CC(S(=O)(=O)Oc4cccc(O)c4)C2O3)cc1. The Morgan fingerprint density at radius 2 is 1.49 bits per heavy atom. The van der Waals surface area contributed by atoms with Gasteiger partial charge < -0.3 is 29.6 Å². The van der Waals surface area contributed by atoms with Crippen molar-refractivity contribution >= 4 is 38.8 Å². The Bertz CT molecular complexity index is 1620. The van der Waals surface area contributed by atoms with Crippen molar-refractivity contribution in [3.8, 4) is 17.2 Å². The minimum absolute atomic E-state index is 0.00687. The van der Waals surface area contributed by atoms with E-state index in [0.29, 0.717) is 30.5 Å². The molecule has 3 unspecified atom stereocenters. The van der Waals surface area contributed by atoms with Crippen molar-refractivity contribution < 1.29 is 42.2 Å². The number of fused-ring (bicyclic) bond motifs is 2. The number of amides is 1. The van der Waals surface area contributed by atoms with Crippen molar-refractivity contribution in [2.24, 2.45) is 0 Å². The van der Waals surface area contributed by atoms with Gasteiger partial charge in [0.2, 0.25) is 5.91 Å². The van der Waals surface area contributed by atoms with Gasteiger partial charge in [0.05, 0.1) is 6.10 Å². The molecule has 1 amide bonds. The molecule has 11 heteroatoms. The maximum atomic E-state index is 13.4. The molecule has 1 fully saturated rings. The first-order valence-electron chi connectivity index (χ1n) is 14.1. The number of carbonyl (C=O) groups is 2. The van der Waals surface area contributed by atoms with Crippen LogP contribution >= 0.6 is 0 Å². The largest absolute Gasteiger partial charge is 0.508 e. The summed E-state index contributed by atoms with van der Waals surface area (Å²) in [6.07, 6.45) is 2.07. The second-order valence-electron chi connectivity index (χ2n) is 10.7. The summed E-state index contributed by atoms with van der Waals surface area (Å²) < 4.78 is 38.4. The fourth-order valence-corrected chi connectivity index (χ4v) is 7.00. The summed E-state index contributed by atoms with van der Waals surface area (Å²) in [5.41, 5.74) is 3.63. The first-order valence-corrected chi connectivity index (χ1v) is 15.6. The van der Waals surface area contributed by atoms with Crippen LogP contribution in [0.3, 0.4) is 0 Å². The average molecular weight is 608 g/mol. The molecule has 0 spiro atoms. The molecule has 0 saturated carbocycles. The molecule has 226 valence electrons. The minimum atomic E-state index is -4.15. The van der Waals surface area contributed by atoms with Crippen LogP contribution in [0.25, 0.3) is 11.1 Å². The van der Waals surface area contributed by atoms with Gasteiger partial charge >= 0.3 is 16.1 Å². The highest BCUT2D eigenvalue weighted by Gasteiger charge is 2.53. The molecular formula is C32H33NO9S. The van der Waals surface area contributed by atoms with Gasteiger partial charge in [-0.15, -0.1) is 0 Å². The molecular weight excluding hydrogens is 574 g/mol. The number of aromatic hydroxyl groups is 2. The van der Waals surface area contributed by atoms with E-state index in [9.17, 15) is 28.2 Å². The lowest BCUT2D eigenvalue weighted by Gasteiger charge is -2.25. The third kappa shape index (κ3) is 7.18. The maximum absolute atomic E-state index is 13.4. The molecule has 0 radical (unpaired) electrons. The van der Waals surface area contributed by atoms with Gasteiger partial charge in [0, 0.05) is 31.0 Å². The Kier molecular flexibility index (Phi) is 9.02. The number of hydrogen-bond donors (Lipinski definition) is 4. The standard InChI is InChI=1S/C32H33NO9S/c34-23-16-12-20(13-17-23)30-26-19-27(43(39,40)42-25-7-5-6-24(35)18-25)32(41-26)31(30)21-10-14-22(15-11-21)33-28(36)8-3-1-2-4-9-29(37)38/h5-7,10-18,26-27,32,34-35H,1-4,8-9,19H2,(H,33,36)(H,37,38). The van der Waals surface area contributed by atoms with Crippen molar-refractivity contribution in [3.63, 3.8) is 0 Å². The molecule has 3 aromatic rings. The highest BCUT2D eigenvalue weighted by Crippen LogP contribution is 2.51. The topological polar surface area (TPSA) is 159 Å². The number of anilines is 1. The molecule has 0 aromatic heterocycles. The van der Waals surface area contributed by atoms with Crippen LogP contribution in [0.15, 0.2) is 72.8 Å². The van der Waals surface area contributed by atoms with Crippen LogP contribution in [0.2, 0.25) is 0 Å². The van der Waals surface area contributed by atoms with Crippen molar-refractivity contribution in [2.75, 3.05) is 5.32 Å². The number of unbranched alkanes of at least 4 members (excludes halogenated alkanes) is 3. The molecule has 1 saturated heterocycles. The van der Waals surface area contributed by atoms with E-state index in [1.54, 1.807) is 48.5 Å². The summed E-state index contributed by atoms with van der Waals surface area (Å²) in [7, 11) is -4.15. The summed E-state index contributed by atoms with van der Waals surface area (Å²) in [5, 5.41) is 30.2. The third-order valence-corrected chi connectivity index (χ3v) is 9.20. The quantitative estimate of drug-likeness (QED) is 0.149. The van der Waals surface area contributed by atoms with Gasteiger partial charge in [0.1, 0.15) is 28.6 Å². The number of ether oxygens (including phenoxy) is 1. The van der Waals surface area contributed by atoms with E-state index in [2.05, 4.69) is 5.32 Å². The fourth-order valence-electron chi connectivity index (χ4n) is 5.60. The van der Waals surface area contributed by atoms with Crippen molar-refractivity contribution in [2.45, 2.75) is 62.4 Å². The second-order valence-corrected chi connectivity index (χ2v) is 12.5. The first kappa shape index (κ1) is 30.1. The van der Waals surface area contributed by atoms with Gasteiger partial charge in [-0.3, -0.25) is 9.59 Å². The Morgan fingerprint density at radius 1 is 0.837 bits per heavy atom. The smallest absolute Gasteiger partial charge is 0.315 e. The molecule has 2 aliphatic rings. The molecule has 2 bridgehead atoms. The van der Waals surface area contributed by atoms with E-state index >= 15 is 0 Å². The Labute approximate surface area is 249 Å². The summed E-state index contributed by atoms with van der Waals surface area (Å²) >= 11 is 0. The summed E-state index contributed by atoms with van der Waals surface area (Å²) in [5.74, 6) is -0.964. The lowest BCUT2D eigenvalue weighted by molar-refractivity contribution is -0.137. The molecule has 3 aromatic carbocycles. The van der Waals surface area contributed by atoms with E-state index in [-0.39, 0.29) is 36.0 Å². The Morgan fingerprint density at radius 3 is 2.16 bits per heavy atom. The normalized spacial score (nSPS) is 19.4. The predicted molar refractivity (Wildman–Crippen MR) is 160 cm³/mol. The molecule has 2 aliphatic heterocycles. The van der Waals surface area contributed by atoms with Crippen molar-refractivity contribution in [3.05, 3.63) is 83.9 Å². The van der Waals surface area contributed by atoms with Gasteiger partial charge in [0.15, 0.2) is 0 Å². The monoisotopic (exact) mass is 607 g/mol. The van der Waals surface area contributed by atoms with E-state index < -0.39 is 33.5 Å². The predicted octanol–water partition coefficient (Wildman–Crippen LogP) is 5.32. The van der Waals surface area contributed by atoms with Crippen LogP contribution in [0, 0.1) is 0 Å². The van der Waals surface area contributed by atoms with E-state index in [4.69, 9.17) is 14.0 Å². The number of phenols is 2. The Hall–Kier alpha value is -4.35. The zero-order chi connectivity index (χ0) is 30.6. The molecule has 43 heavy (non-hydrogen) atoms. The highest BCUT2D eigenvalue weighted by molar-refractivity contribution is 7.87. The number of carboxylic acids is 1. The van der Waals surface area contributed by atoms with E-state index in [1.165, 1.54) is 24.3 Å². The average Bonchev–Trinajstić information content (AvgIpc) is 3.56. The zero-order valence-corrected chi connectivity index (χ0v) is 24.1. The Balaban J connectivity index is 1.34. The number of carboxylic acid groups (broad SMARTS) is 1. The van der Waals surface area contributed by atoms with Crippen LogP contribution in [0.4, 0.5) is 5.69 Å². The van der Waals surface area contributed by atoms with Crippen LogP contribution in [0.5, 0.6) is 17.2 Å². The van der Waals surface area contributed by atoms with Gasteiger partial charge in [-0.25, -0.2) is 0 Å². The van der Waals surface area contributed by atoms with Crippen molar-refractivity contribution in [1.82, 2.24) is 0 Å². The first-order chi connectivity index (χ1) is 20.6. The van der Waals surface area contributed by atoms with Gasteiger partial charge in [-0.2, -0.15) is 8.42 Å². The third-order valence-electron chi connectivity index (χ3n) is 7.59. The number of phenolic OH excluding ortho intramolecular Hbond substituents is 2. The van der Waals surface area contributed by atoms with E-state index in [1.807, 2.05) is 0 Å². The lowest BCUT2D eigenvalue weighted by atomic mass is 9.83. The number of rotatable bonds is 13. The highest BCUT2D eigenvalue weighted by atomic mass is 32.2. The van der Waals surface area contributed by atoms with Gasteiger partial charge in [0.25, 0.3) is 0 Å². The summed E-state index contributed by atoms with van der Waals surface area (Å²) in [6, 6.07) is 19.4. The zero-order valence-electron chi connectivity index (χ0n) is 23.3. The van der Waals surface area contributed by atoms with Crippen LogP contribution in [0.1, 0.15) is 56.1 Å². The molecule has 2 heterocycles. The second kappa shape index (κ2) is 12.9. The summed E-state index contributed by atoms with van der Waals surface area (Å²) in [4.78, 5) is 23.0. The summed E-state index contributed by atoms with van der Waals surface area (Å²) in [6.45, 7) is 0. The van der Waals surface area contributed by atoms with Crippen molar-refractivity contribution in [1.29, 1.82) is 0 Å². The molecule has 4 N–H and O–H groups in total. The number of nitrogens with one attached hydrogen (secondary N) is 1. The minimum Gasteiger partial charge on any atom is -0.508 e. The molecule has 0 aliphatic carbocycles. The maximum Gasteiger partial charge on any atom is 0.315 e. The number of carbonyl (C=O) groups excluding carboxylic acids is 1. The van der Waals surface area contributed by atoms with Crippen LogP contribution < -0.4 is 9.50 Å². The van der Waals surface area contributed by atoms with Crippen LogP contribution in [-0.2, 0) is 24.4 Å². The number of hydrogen-bond acceptors (Lipinski definition) is 8. The van der Waals surface area contributed by atoms with E-state index in [0.717, 1.165) is 29.5 Å². The number of aliphatic carboxylic acids is 1. The lowest BCUT2D eigenvalue weighted by Crippen LogP contribution is -2.35. The molecule has 3 atom stereocenters. The van der Waals surface area contributed by atoms with Gasteiger partial charge in [-0.05, 0) is 71.5 Å². The molecule has 10 nitrogen and oxygen atoms in total. The number of benzene rings is 3. The van der Waals surface area contributed by atoms with Crippen LogP contribution in [-0.4, -0.2) is 53.1 Å². The van der Waals surface area contributed by atoms with Gasteiger partial charge in [-0.1, -0.05) is 43.2 Å². The molecule has 5 rings (SSSR count).